The molecule has 1 aliphatic heterocycles. The lowest BCUT2D eigenvalue weighted by Gasteiger charge is -2.16. The van der Waals surface area contributed by atoms with Crippen molar-refractivity contribution in [2.24, 2.45) is 5.41 Å². The number of pyridine rings is 3. The fourth-order valence-corrected chi connectivity index (χ4v) is 5.91. The van der Waals surface area contributed by atoms with Crippen LogP contribution < -0.4 is 10.2 Å². The molecule has 2 fully saturated rings. The normalized spacial score (nSPS) is 18.0. The van der Waals surface area contributed by atoms with Gasteiger partial charge in [-0.1, -0.05) is 0 Å². The van der Waals surface area contributed by atoms with E-state index < -0.39 is 15.7 Å². The first-order valence-electron chi connectivity index (χ1n) is 12.6. The molecule has 0 unspecified atom stereocenters. The van der Waals surface area contributed by atoms with Gasteiger partial charge in [0.2, 0.25) is 5.95 Å². The number of fused-ring (bicyclic) bond motifs is 1. The van der Waals surface area contributed by atoms with Crippen LogP contribution in [0, 0.1) is 12.3 Å². The number of sulfone groups is 1. The van der Waals surface area contributed by atoms with E-state index in [0.29, 0.717) is 40.8 Å². The Morgan fingerprint density at radius 3 is 2.64 bits per heavy atom. The Balaban J connectivity index is 1.20. The number of rotatable bonds is 6. The van der Waals surface area contributed by atoms with Crippen molar-refractivity contribution in [3.8, 4) is 11.4 Å². The van der Waals surface area contributed by atoms with E-state index in [4.69, 9.17) is 9.97 Å². The van der Waals surface area contributed by atoms with Crippen LogP contribution in [0.25, 0.3) is 22.3 Å². The Morgan fingerprint density at radius 2 is 1.90 bits per heavy atom. The molecule has 1 saturated carbocycles. The molecule has 0 bridgehead atoms. The molecule has 0 radical (unpaired) electrons. The summed E-state index contributed by atoms with van der Waals surface area (Å²) in [6.45, 7) is 3.00. The number of hydrogen-bond acceptors (Lipinski definition) is 10. The van der Waals surface area contributed by atoms with Crippen LogP contribution in [0.3, 0.4) is 0 Å². The molecule has 4 aromatic heterocycles. The second-order valence-electron chi connectivity index (χ2n) is 10.3. The van der Waals surface area contributed by atoms with E-state index in [2.05, 4.69) is 20.3 Å². The summed E-state index contributed by atoms with van der Waals surface area (Å²) in [5.74, 6) is 0.129. The van der Waals surface area contributed by atoms with Crippen LogP contribution >= 0.6 is 0 Å². The fourth-order valence-electron chi connectivity index (χ4n) is 4.98. The first-order valence-corrected chi connectivity index (χ1v) is 14.5. The number of amides is 1. The summed E-state index contributed by atoms with van der Waals surface area (Å²) in [7, 11) is -3.51. The summed E-state index contributed by atoms with van der Waals surface area (Å²) in [6, 6.07) is 8.72. The maximum Gasteiger partial charge on any atom is 0.253 e. The van der Waals surface area contributed by atoms with E-state index >= 15 is 0 Å². The number of aromatic nitrogens is 5. The molecule has 0 aromatic carbocycles. The van der Waals surface area contributed by atoms with E-state index in [9.17, 15) is 18.3 Å². The zero-order chi connectivity index (χ0) is 27.4. The van der Waals surface area contributed by atoms with Crippen LogP contribution in [0.2, 0.25) is 0 Å². The number of anilines is 1. The van der Waals surface area contributed by atoms with Gasteiger partial charge in [-0.15, -0.1) is 0 Å². The SMILES string of the molecule is Cc1ncc(C(=O)NCc2cc3nc(-c4ccnc(N5C[C@@H](O)C6(CC6)C5)n4)ccc3cn2)cc1S(C)(=O)=O. The fraction of sp³-hybridized carbons (Fsp3) is 0.333. The number of aliphatic hydroxyl groups excluding tert-OH is 1. The van der Waals surface area contributed by atoms with E-state index in [0.717, 1.165) is 31.0 Å². The monoisotopic (exact) mass is 545 g/mol. The third-order valence-electron chi connectivity index (χ3n) is 7.45. The molecule has 1 atom stereocenters. The zero-order valence-electron chi connectivity index (χ0n) is 21.5. The molecule has 39 heavy (non-hydrogen) atoms. The molecule has 4 aromatic rings. The summed E-state index contributed by atoms with van der Waals surface area (Å²) in [6.07, 6.45) is 7.56. The average Bonchev–Trinajstić information content (AvgIpc) is 3.63. The van der Waals surface area contributed by atoms with E-state index in [1.807, 2.05) is 17.0 Å². The number of aliphatic hydroxyl groups is 1. The van der Waals surface area contributed by atoms with Gasteiger partial charge in [0.15, 0.2) is 9.84 Å². The van der Waals surface area contributed by atoms with Crippen molar-refractivity contribution >= 4 is 32.6 Å². The van der Waals surface area contributed by atoms with Gasteiger partial charge >= 0.3 is 0 Å². The number of nitrogens with one attached hydrogen (secondary N) is 1. The largest absolute Gasteiger partial charge is 0.391 e. The molecule has 12 heteroatoms. The number of carbonyl (C=O) groups excluding carboxylic acids is 1. The van der Waals surface area contributed by atoms with Crippen molar-refractivity contribution < 1.29 is 18.3 Å². The molecule has 1 spiro atoms. The Kier molecular flexibility index (Phi) is 6.03. The predicted molar refractivity (Wildman–Crippen MR) is 144 cm³/mol. The molecule has 11 nitrogen and oxygen atoms in total. The smallest absolute Gasteiger partial charge is 0.253 e. The lowest BCUT2D eigenvalue weighted by Crippen LogP contribution is -2.24. The van der Waals surface area contributed by atoms with Gasteiger partial charge in [-0.2, -0.15) is 0 Å². The molecule has 2 aliphatic rings. The second-order valence-corrected chi connectivity index (χ2v) is 12.3. The second kappa shape index (κ2) is 9.31. The van der Waals surface area contributed by atoms with Crippen molar-refractivity contribution in [1.82, 2.24) is 30.2 Å². The van der Waals surface area contributed by atoms with Crippen molar-refractivity contribution in [1.29, 1.82) is 0 Å². The standard InChI is InChI=1S/C27H27N7O4S/c1-16-23(39(2,37)38)9-18(12-29-16)25(36)31-13-19-10-22-17(11-30-19)3-4-20(32-22)21-5-8-28-26(33-21)34-14-24(35)27(15-34)6-7-27/h3-5,8-12,24,35H,6-7,13-15H2,1-2H3,(H,31,36)/t24-/m1/s1. The molecule has 6 rings (SSSR count). The zero-order valence-corrected chi connectivity index (χ0v) is 22.3. The summed E-state index contributed by atoms with van der Waals surface area (Å²) in [5.41, 5.74) is 3.13. The lowest BCUT2D eigenvalue weighted by molar-refractivity contribution is 0.0949. The minimum Gasteiger partial charge on any atom is -0.391 e. The van der Waals surface area contributed by atoms with Gasteiger partial charge in [-0.3, -0.25) is 14.8 Å². The molecule has 5 heterocycles. The topological polar surface area (TPSA) is 151 Å². The number of aryl methyl sites for hydroxylation is 1. The minimum absolute atomic E-state index is 0.00530. The summed E-state index contributed by atoms with van der Waals surface area (Å²) in [4.78, 5) is 37.2. The van der Waals surface area contributed by atoms with Crippen molar-refractivity contribution in [2.45, 2.75) is 37.3 Å². The molecule has 2 N–H and O–H groups in total. The Hall–Kier alpha value is -4.03. The third-order valence-corrected chi connectivity index (χ3v) is 8.66. The third kappa shape index (κ3) is 4.92. The van der Waals surface area contributed by atoms with Gasteiger partial charge in [-0.25, -0.2) is 23.4 Å². The van der Waals surface area contributed by atoms with Gasteiger partial charge in [0.05, 0.1) is 51.4 Å². The van der Waals surface area contributed by atoms with Crippen molar-refractivity contribution in [3.05, 3.63) is 65.9 Å². The number of hydrogen-bond donors (Lipinski definition) is 2. The first-order chi connectivity index (χ1) is 18.6. The molecule has 1 saturated heterocycles. The van der Waals surface area contributed by atoms with Crippen LogP contribution in [0.4, 0.5) is 5.95 Å². The molecule has 200 valence electrons. The van der Waals surface area contributed by atoms with Crippen LogP contribution in [0.15, 0.2) is 53.8 Å². The predicted octanol–water partition coefficient (Wildman–Crippen LogP) is 2.08. The van der Waals surface area contributed by atoms with Gasteiger partial charge in [0, 0.05) is 48.7 Å². The van der Waals surface area contributed by atoms with Crippen LogP contribution in [-0.2, 0) is 16.4 Å². The van der Waals surface area contributed by atoms with E-state index in [1.54, 1.807) is 31.5 Å². The Bertz CT molecular complexity index is 1720. The molecule has 1 aliphatic carbocycles. The average molecular weight is 546 g/mol. The summed E-state index contributed by atoms with van der Waals surface area (Å²) in [5, 5.41) is 14.0. The van der Waals surface area contributed by atoms with E-state index in [1.165, 1.54) is 12.3 Å². The highest BCUT2D eigenvalue weighted by molar-refractivity contribution is 7.90. The summed E-state index contributed by atoms with van der Waals surface area (Å²) < 4.78 is 24.0. The van der Waals surface area contributed by atoms with Crippen LogP contribution in [0.1, 0.15) is 34.6 Å². The quantitative estimate of drug-likeness (QED) is 0.368. The Morgan fingerprint density at radius 1 is 1.10 bits per heavy atom. The maximum atomic E-state index is 12.7. The summed E-state index contributed by atoms with van der Waals surface area (Å²) >= 11 is 0. The highest BCUT2D eigenvalue weighted by Crippen LogP contribution is 2.53. The maximum absolute atomic E-state index is 12.7. The molecular formula is C27H27N7O4S. The first kappa shape index (κ1) is 25.3. The lowest BCUT2D eigenvalue weighted by atomic mass is 10.0. The van der Waals surface area contributed by atoms with Crippen molar-refractivity contribution in [3.63, 3.8) is 0 Å². The van der Waals surface area contributed by atoms with E-state index in [-0.39, 0.29) is 28.5 Å². The van der Waals surface area contributed by atoms with Crippen LogP contribution in [-0.4, -0.2) is 69.8 Å². The number of carbonyl (C=O) groups is 1. The van der Waals surface area contributed by atoms with Gasteiger partial charge < -0.3 is 15.3 Å². The van der Waals surface area contributed by atoms with Crippen LogP contribution in [0.5, 0.6) is 0 Å². The highest BCUT2D eigenvalue weighted by Gasteiger charge is 2.55. The minimum atomic E-state index is -3.51. The van der Waals surface area contributed by atoms with Gasteiger partial charge in [0.1, 0.15) is 0 Å². The Labute approximate surface area is 225 Å². The van der Waals surface area contributed by atoms with Gasteiger partial charge in [0.25, 0.3) is 5.91 Å². The molecule has 1 amide bonds. The van der Waals surface area contributed by atoms with Gasteiger partial charge in [-0.05, 0) is 50.1 Å². The molecular weight excluding hydrogens is 518 g/mol. The highest BCUT2D eigenvalue weighted by atomic mass is 32.2. The number of nitrogens with zero attached hydrogens (tertiary/aromatic N) is 6. The van der Waals surface area contributed by atoms with Crippen molar-refractivity contribution in [2.75, 3.05) is 24.2 Å². The number of β-amino-alcohol motifs (C(OH)–C–C–N with tert-alkyl or cyclic N) is 1.